The Morgan fingerprint density at radius 2 is 1.53 bits per heavy atom. The van der Waals surface area contributed by atoms with Crippen LogP contribution in [0.15, 0.2) is 24.3 Å². The molecule has 1 aliphatic heterocycles. The molecule has 172 valence electrons. The van der Waals surface area contributed by atoms with Crippen LogP contribution >= 0.6 is 0 Å². The van der Waals surface area contributed by atoms with Gasteiger partial charge >= 0.3 is 0 Å². The Morgan fingerprint density at radius 1 is 0.938 bits per heavy atom. The number of ether oxygens (including phenoxy) is 4. The molecular formula is C25H32N2O5. The molecule has 0 radical (unpaired) electrons. The van der Waals surface area contributed by atoms with E-state index in [0.29, 0.717) is 17.9 Å². The maximum Gasteiger partial charge on any atom is 0.227 e. The van der Waals surface area contributed by atoms with Gasteiger partial charge in [0.25, 0.3) is 0 Å². The van der Waals surface area contributed by atoms with Crippen LogP contribution in [0.5, 0.6) is 23.0 Å². The molecule has 0 aromatic heterocycles. The quantitative estimate of drug-likeness (QED) is 0.673. The van der Waals surface area contributed by atoms with Crippen LogP contribution in [-0.2, 0) is 17.6 Å². The maximum absolute atomic E-state index is 12.6. The zero-order valence-corrected chi connectivity index (χ0v) is 19.5. The Morgan fingerprint density at radius 3 is 2.16 bits per heavy atom. The Hall–Kier alpha value is -2.93. The first-order chi connectivity index (χ1) is 15.5. The summed E-state index contributed by atoms with van der Waals surface area (Å²) in [5, 5.41) is 3.13. The van der Waals surface area contributed by atoms with Gasteiger partial charge in [-0.3, -0.25) is 9.69 Å². The van der Waals surface area contributed by atoms with Crippen molar-refractivity contribution < 1.29 is 23.7 Å². The summed E-state index contributed by atoms with van der Waals surface area (Å²) >= 11 is 0. The van der Waals surface area contributed by atoms with E-state index in [-0.39, 0.29) is 17.9 Å². The minimum Gasteiger partial charge on any atom is -0.493 e. The van der Waals surface area contributed by atoms with Crippen LogP contribution < -0.4 is 24.3 Å². The lowest BCUT2D eigenvalue weighted by molar-refractivity contribution is -0.117. The van der Waals surface area contributed by atoms with Gasteiger partial charge in [0.15, 0.2) is 23.0 Å². The highest BCUT2D eigenvalue weighted by Gasteiger charge is 2.32. The number of rotatable bonds is 8. The molecule has 7 nitrogen and oxygen atoms in total. The first-order valence-electron chi connectivity index (χ1n) is 11.0. The van der Waals surface area contributed by atoms with Gasteiger partial charge in [0, 0.05) is 30.3 Å². The molecule has 1 atom stereocenters. The summed E-state index contributed by atoms with van der Waals surface area (Å²) in [6.07, 6.45) is 3.56. The highest BCUT2D eigenvalue weighted by Crippen LogP contribution is 2.42. The third-order valence-corrected chi connectivity index (χ3v) is 6.50. The lowest BCUT2D eigenvalue weighted by Crippen LogP contribution is -2.33. The molecule has 1 saturated carbocycles. The van der Waals surface area contributed by atoms with Crippen LogP contribution in [0.3, 0.4) is 0 Å². The Bertz CT molecular complexity index is 1000. The number of methoxy groups -OCH3 is 4. The van der Waals surface area contributed by atoms with Crippen LogP contribution in [0.1, 0.15) is 35.6 Å². The second-order valence-electron chi connectivity index (χ2n) is 8.48. The molecule has 0 unspecified atom stereocenters. The number of carbonyl (C=O) groups is 1. The van der Waals surface area contributed by atoms with Crippen molar-refractivity contribution in [3.8, 4) is 23.0 Å². The number of likely N-dealkylation sites (N-methyl/N-ethyl adjacent to an activating group) is 1. The molecule has 1 N–H and O–H groups in total. The molecule has 1 heterocycles. The minimum absolute atomic E-state index is 0.0716. The fourth-order valence-electron chi connectivity index (χ4n) is 4.41. The van der Waals surface area contributed by atoms with E-state index >= 15 is 0 Å². The standard InChI is InChI=1S/C25H32N2O5/c1-27-9-8-16-11-21(29-2)23(31-4)13-18(16)20(27)10-17-12-22(30-3)24(32-5)14-19(17)26-25(28)15-6-7-15/h11-15,20H,6-10H2,1-5H3,(H,26,28)/t20-/m0/s1. The number of fused-ring (bicyclic) bond motifs is 1. The molecule has 1 fully saturated rings. The molecule has 2 aliphatic rings. The molecule has 32 heavy (non-hydrogen) atoms. The third-order valence-electron chi connectivity index (χ3n) is 6.50. The van der Waals surface area contributed by atoms with Gasteiger partial charge in [-0.15, -0.1) is 0 Å². The van der Waals surface area contributed by atoms with E-state index in [2.05, 4.69) is 29.4 Å². The summed E-state index contributed by atoms with van der Waals surface area (Å²) in [6, 6.07) is 8.13. The molecular weight excluding hydrogens is 408 g/mol. The van der Waals surface area contributed by atoms with Crippen LogP contribution in [0.4, 0.5) is 5.69 Å². The van der Waals surface area contributed by atoms with Crippen molar-refractivity contribution in [3.05, 3.63) is 41.0 Å². The highest BCUT2D eigenvalue weighted by molar-refractivity contribution is 5.95. The van der Waals surface area contributed by atoms with E-state index < -0.39 is 0 Å². The third kappa shape index (κ3) is 4.35. The summed E-state index contributed by atoms with van der Waals surface area (Å²) in [5.41, 5.74) is 4.26. The first kappa shape index (κ1) is 22.3. The van der Waals surface area contributed by atoms with E-state index in [1.165, 1.54) is 11.1 Å². The van der Waals surface area contributed by atoms with Gasteiger partial charge in [0.2, 0.25) is 5.91 Å². The van der Waals surface area contributed by atoms with E-state index in [4.69, 9.17) is 18.9 Å². The molecule has 2 aromatic rings. The van der Waals surface area contributed by atoms with E-state index in [1.807, 2.05) is 12.1 Å². The van der Waals surface area contributed by atoms with Gasteiger partial charge in [-0.25, -0.2) is 0 Å². The van der Waals surface area contributed by atoms with Crippen LogP contribution in [0.25, 0.3) is 0 Å². The number of hydrogen-bond acceptors (Lipinski definition) is 6. The van der Waals surface area contributed by atoms with E-state index in [0.717, 1.165) is 48.6 Å². The molecule has 7 heteroatoms. The number of nitrogens with one attached hydrogen (secondary N) is 1. The summed E-state index contributed by atoms with van der Waals surface area (Å²) in [5.74, 6) is 2.91. The second-order valence-corrected chi connectivity index (χ2v) is 8.48. The first-order valence-corrected chi connectivity index (χ1v) is 11.0. The van der Waals surface area contributed by atoms with Crippen LogP contribution in [0.2, 0.25) is 0 Å². The average molecular weight is 441 g/mol. The highest BCUT2D eigenvalue weighted by atomic mass is 16.5. The van der Waals surface area contributed by atoms with Crippen molar-refractivity contribution in [1.29, 1.82) is 0 Å². The number of anilines is 1. The minimum atomic E-state index is 0.0716. The van der Waals surface area contributed by atoms with Crippen LogP contribution in [-0.4, -0.2) is 52.8 Å². The summed E-state index contributed by atoms with van der Waals surface area (Å²) in [6.45, 7) is 0.935. The molecule has 1 amide bonds. The van der Waals surface area contributed by atoms with Gasteiger partial charge in [0.1, 0.15) is 0 Å². The fourth-order valence-corrected chi connectivity index (χ4v) is 4.41. The smallest absolute Gasteiger partial charge is 0.227 e. The predicted molar refractivity (Wildman–Crippen MR) is 123 cm³/mol. The van der Waals surface area contributed by atoms with E-state index in [9.17, 15) is 4.79 Å². The van der Waals surface area contributed by atoms with Crippen molar-refractivity contribution in [2.75, 3.05) is 47.3 Å². The molecule has 2 aromatic carbocycles. The Balaban J connectivity index is 1.73. The molecule has 4 rings (SSSR count). The van der Waals surface area contributed by atoms with Crippen molar-refractivity contribution in [2.24, 2.45) is 5.92 Å². The topological polar surface area (TPSA) is 69.3 Å². The second kappa shape index (κ2) is 9.28. The summed E-state index contributed by atoms with van der Waals surface area (Å²) < 4.78 is 22.1. The van der Waals surface area contributed by atoms with Gasteiger partial charge in [-0.05, 0) is 67.6 Å². The van der Waals surface area contributed by atoms with Gasteiger partial charge in [0.05, 0.1) is 28.4 Å². The van der Waals surface area contributed by atoms with Crippen molar-refractivity contribution >= 4 is 11.6 Å². The monoisotopic (exact) mass is 440 g/mol. The number of carbonyl (C=O) groups excluding carboxylic acids is 1. The van der Waals surface area contributed by atoms with Gasteiger partial charge < -0.3 is 24.3 Å². The van der Waals surface area contributed by atoms with Gasteiger partial charge in [-0.1, -0.05) is 0 Å². The zero-order valence-electron chi connectivity index (χ0n) is 19.5. The molecule has 0 bridgehead atoms. The van der Waals surface area contributed by atoms with Gasteiger partial charge in [-0.2, -0.15) is 0 Å². The summed E-state index contributed by atoms with van der Waals surface area (Å²) in [4.78, 5) is 14.9. The predicted octanol–water partition coefficient (Wildman–Crippen LogP) is 3.84. The Kier molecular flexibility index (Phi) is 6.46. The normalized spacial score (nSPS) is 18.0. The number of amides is 1. The van der Waals surface area contributed by atoms with Crippen LogP contribution in [0, 0.1) is 5.92 Å². The number of benzene rings is 2. The lowest BCUT2D eigenvalue weighted by Gasteiger charge is -2.35. The van der Waals surface area contributed by atoms with Crippen molar-refractivity contribution in [3.63, 3.8) is 0 Å². The number of hydrogen-bond donors (Lipinski definition) is 1. The lowest BCUT2D eigenvalue weighted by atomic mass is 9.88. The fraction of sp³-hybridized carbons (Fsp3) is 0.480. The van der Waals surface area contributed by atoms with Crippen molar-refractivity contribution in [1.82, 2.24) is 4.90 Å². The maximum atomic E-state index is 12.6. The van der Waals surface area contributed by atoms with Crippen molar-refractivity contribution in [2.45, 2.75) is 31.7 Å². The number of nitrogens with zero attached hydrogens (tertiary/aromatic N) is 1. The largest absolute Gasteiger partial charge is 0.493 e. The molecule has 0 saturated heterocycles. The molecule has 0 spiro atoms. The molecule has 1 aliphatic carbocycles. The average Bonchev–Trinajstić information content (AvgIpc) is 3.66. The van der Waals surface area contributed by atoms with E-state index in [1.54, 1.807) is 28.4 Å². The Labute approximate surface area is 189 Å². The SMILES string of the molecule is COc1cc(C[C@H]2c3cc(OC)c(OC)cc3CCN2C)c(NC(=O)C2CC2)cc1OC. The summed E-state index contributed by atoms with van der Waals surface area (Å²) in [7, 11) is 8.69. The zero-order chi connectivity index (χ0) is 22.8.